The van der Waals surface area contributed by atoms with Crippen LogP contribution in [0.1, 0.15) is 30.7 Å². The van der Waals surface area contributed by atoms with E-state index in [-0.39, 0.29) is 0 Å². The van der Waals surface area contributed by atoms with Crippen LogP contribution in [-0.4, -0.2) is 39.6 Å². The Hall–Kier alpha value is -1.13. The minimum Gasteiger partial charge on any atom is -0.312 e. The van der Waals surface area contributed by atoms with E-state index in [0.29, 0.717) is 5.88 Å². The molecule has 0 radical (unpaired) electrons. The second-order valence-corrected chi connectivity index (χ2v) is 6.47. The fraction of sp³-hybridized carbons (Fsp3) is 0.625. The van der Waals surface area contributed by atoms with Crippen molar-refractivity contribution in [3.63, 3.8) is 0 Å². The van der Waals surface area contributed by atoms with Crippen molar-refractivity contribution >= 4 is 22.8 Å². The summed E-state index contributed by atoms with van der Waals surface area (Å²) in [6.07, 6.45) is 5.70. The largest absolute Gasteiger partial charge is 0.312 e. The van der Waals surface area contributed by atoms with E-state index >= 15 is 0 Å². The van der Waals surface area contributed by atoms with Crippen molar-refractivity contribution in [1.29, 1.82) is 0 Å². The molecule has 0 aliphatic carbocycles. The number of likely N-dealkylation sites (tertiary alicyclic amines) is 1. The van der Waals surface area contributed by atoms with Crippen LogP contribution < -0.4 is 0 Å². The highest BCUT2D eigenvalue weighted by Crippen LogP contribution is 2.23. The second kappa shape index (κ2) is 6.32. The third-order valence-electron chi connectivity index (χ3n) is 4.52. The Kier molecular flexibility index (Phi) is 4.45. The molecule has 2 aromatic heterocycles. The summed E-state index contributed by atoms with van der Waals surface area (Å²) in [5.41, 5.74) is 3.08. The number of halogens is 1. The van der Waals surface area contributed by atoms with Gasteiger partial charge in [-0.15, -0.1) is 11.6 Å². The van der Waals surface area contributed by atoms with Gasteiger partial charge in [-0.25, -0.2) is 9.97 Å². The molecule has 5 heteroatoms. The van der Waals surface area contributed by atoms with E-state index in [1.54, 1.807) is 0 Å². The van der Waals surface area contributed by atoms with Gasteiger partial charge in [0.15, 0.2) is 5.65 Å². The SMILES string of the molecule is Cc1cnc2c(c1)nc(CCl)n2CCC1CCN(C)CC1. The van der Waals surface area contributed by atoms with Gasteiger partial charge in [0, 0.05) is 12.7 Å². The van der Waals surface area contributed by atoms with Crippen LogP contribution in [0.4, 0.5) is 0 Å². The molecule has 2 aromatic rings. The van der Waals surface area contributed by atoms with E-state index in [4.69, 9.17) is 11.6 Å². The number of pyridine rings is 1. The zero-order valence-electron chi connectivity index (χ0n) is 12.8. The highest BCUT2D eigenvalue weighted by molar-refractivity contribution is 6.16. The number of aromatic nitrogens is 3. The van der Waals surface area contributed by atoms with Crippen LogP contribution in [-0.2, 0) is 12.4 Å². The van der Waals surface area contributed by atoms with Gasteiger partial charge in [-0.1, -0.05) is 0 Å². The number of fused-ring (bicyclic) bond motifs is 1. The predicted molar refractivity (Wildman–Crippen MR) is 86.7 cm³/mol. The molecule has 0 amide bonds. The van der Waals surface area contributed by atoms with Gasteiger partial charge in [0.05, 0.1) is 5.88 Å². The van der Waals surface area contributed by atoms with Crippen molar-refractivity contribution in [2.45, 2.75) is 38.6 Å². The zero-order chi connectivity index (χ0) is 14.8. The summed E-state index contributed by atoms with van der Waals surface area (Å²) in [6.45, 7) is 5.46. The van der Waals surface area contributed by atoms with Gasteiger partial charge in [0.25, 0.3) is 0 Å². The zero-order valence-corrected chi connectivity index (χ0v) is 13.6. The first kappa shape index (κ1) is 14.8. The molecule has 1 aliphatic heterocycles. The van der Waals surface area contributed by atoms with Gasteiger partial charge in [-0.2, -0.15) is 0 Å². The van der Waals surface area contributed by atoms with Gasteiger partial charge in [-0.3, -0.25) is 0 Å². The molecule has 0 bridgehead atoms. The number of rotatable bonds is 4. The van der Waals surface area contributed by atoms with E-state index in [9.17, 15) is 0 Å². The molecule has 21 heavy (non-hydrogen) atoms. The maximum Gasteiger partial charge on any atom is 0.160 e. The summed E-state index contributed by atoms with van der Waals surface area (Å²) < 4.78 is 2.21. The van der Waals surface area contributed by atoms with Crippen LogP contribution in [0.25, 0.3) is 11.2 Å². The summed E-state index contributed by atoms with van der Waals surface area (Å²) in [6, 6.07) is 2.09. The van der Waals surface area contributed by atoms with Crippen LogP contribution in [0, 0.1) is 12.8 Å². The van der Waals surface area contributed by atoms with Crippen molar-refractivity contribution in [3.05, 3.63) is 23.7 Å². The third-order valence-corrected chi connectivity index (χ3v) is 4.76. The maximum absolute atomic E-state index is 6.07. The quantitative estimate of drug-likeness (QED) is 0.813. The number of piperidine rings is 1. The Balaban J connectivity index is 1.76. The maximum atomic E-state index is 6.07. The minimum absolute atomic E-state index is 0.447. The van der Waals surface area contributed by atoms with E-state index in [1.165, 1.54) is 32.4 Å². The molecule has 1 aliphatic rings. The topological polar surface area (TPSA) is 34.0 Å². The van der Waals surface area contributed by atoms with Crippen LogP contribution in [0.3, 0.4) is 0 Å². The molecule has 114 valence electrons. The van der Waals surface area contributed by atoms with Gasteiger partial charge < -0.3 is 9.47 Å². The fourth-order valence-electron chi connectivity index (χ4n) is 3.16. The molecule has 3 rings (SSSR count). The van der Waals surface area contributed by atoms with Crippen molar-refractivity contribution in [1.82, 2.24) is 19.4 Å². The lowest BCUT2D eigenvalue weighted by atomic mass is 9.94. The number of hydrogen-bond donors (Lipinski definition) is 0. The second-order valence-electron chi connectivity index (χ2n) is 6.20. The summed E-state index contributed by atoms with van der Waals surface area (Å²) >= 11 is 6.07. The smallest absolute Gasteiger partial charge is 0.160 e. The Labute approximate surface area is 131 Å². The molecule has 0 atom stereocenters. The molecule has 3 heterocycles. The molecule has 4 nitrogen and oxygen atoms in total. The summed E-state index contributed by atoms with van der Waals surface area (Å²) in [7, 11) is 2.21. The predicted octanol–water partition coefficient (Wildman–Crippen LogP) is 3.21. The molecular weight excluding hydrogens is 284 g/mol. The fourth-order valence-corrected chi connectivity index (χ4v) is 3.36. The van der Waals surface area contributed by atoms with E-state index in [1.807, 2.05) is 13.1 Å². The van der Waals surface area contributed by atoms with Crippen LogP contribution in [0.5, 0.6) is 0 Å². The number of hydrogen-bond acceptors (Lipinski definition) is 3. The van der Waals surface area contributed by atoms with Crippen molar-refractivity contribution in [2.75, 3.05) is 20.1 Å². The van der Waals surface area contributed by atoms with E-state index in [2.05, 4.69) is 32.5 Å². The molecule has 1 saturated heterocycles. The van der Waals surface area contributed by atoms with Gasteiger partial charge in [0.2, 0.25) is 0 Å². The average Bonchev–Trinajstić information content (AvgIpc) is 2.83. The standard InChI is InChI=1S/C16H23ClN4/c1-12-9-14-16(18-11-12)21(15(10-17)19-14)8-5-13-3-6-20(2)7-4-13/h9,11,13H,3-8,10H2,1-2H3. The molecule has 0 unspecified atom stereocenters. The first-order valence-electron chi connectivity index (χ1n) is 7.73. The Morgan fingerprint density at radius 3 is 2.81 bits per heavy atom. The van der Waals surface area contributed by atoms with E-state index < -0.39 is 0 Å². The van der Waals surface area contributed by atoms with Gasteiger partial charge in [0.1, 0.15) is 11.3 Å². The van der Waals surface area contributed by atoms with Crippen LogP contribution >= 0.6 is 11.6 Å². The molecular formula is C16H23ClN4. The molecule has 0 N–H and O–H groups in total. The monoisotopic (exact) mass is 306 g/mol. The molecule has 0 aromatic carbocycles. The normalized spacial score (nSPS) is 17.7. The van der Waals surface area contributed by atoms with Crippen molar-refractivity contribution in [3.8, 4) is 0 Å². The highest BCUT2D eigenvalue weighted by Gasteiger charge is 2.18. The lowest BCUT2D eigenvalue weighted by Crippen LogP contribution is -2.30. The minimum atomic E-state index is 0.447. The van der Waals surface area contributed by atoms with Gasteiger partial charge in [-0.05, 0) is 63.9 Å². The number of alkyl halides is 1. The molecule has 1 fully saturated rings. The Morgan fingerprint density at radius 1 is 1.33 bits per heavy atom. The lowest BCUT2D eigenvalue weighted by Gasteiger charge is -2.29. The first-order chi connectivity index (χ1) is 10.2. The summed E-state index contributed by atoms with van der Waals surface area (Å²) in [4.78, 5) is 11.6. The number of imidazole rings is 1. The number of aryl methyl sites for hydroxylation is 2. The number of nitrogens with zero attached hydrogens (tertiary/aromatic N) is 4. The van der Waals surface area contributed by atoms with E-state index in [0.717, 1.165) is 35.0 Å². The lowest BCUT2D eigenvalue weighted by molar-refractivity contribution is 0.208. The van der Waals surface area contributed by atoms with Crippen molar-refractivity contribution < 1.29 is 0 Å². The van der Waals surface area contributed by atoms with Gasteiger partial charge >= 0.3 is 0 Å². The first-order valence-corrected chi connectivity index (χ1v) is 8.27. The molecule has 0 saturated carbocycles. The molecule has 0 spiro atoms. The van der Waals surface area contributed by atoms with Crippen LogP contribution in [0.15, 0.2) is 12.3 Å². The van der Waals surface area contributed by atoms with Crippen LogP contribution in [0.2, 0.25) is 0 Å². The Bertz CT molecular complexity index is 614. The average molecular weight is 307 g/mol. The summed E-state index contributed by atoms with van der Waals surface area (Å²) in [5.74, 6) is 2.20. The Morgan fingerprint density at radius 2 is 2.10 bits per heavy atom. The summed E-state index contributed by atoms with van der Waals surface area (Å²) in [5, 5.41) is 0. The third kappa shape index (κ3) is 3.22. The highest BCUT2D eigenvalue weighted by atomic mass is 35.5. The van der Waals surface area contributed by atoms with Crippen molar-refractivity contribution in [2.24, 2.45) is 5.92 Å².